The van der Waals surface area contributed by atoms with Crippen molar-refractivity contribution >= 4 is 11.9 Å². The van der Waals surface area contributed by atoms with Gasteiger partial charge in [0.05, 0.1) is 7.11 Å². The molecule has 1 saturated heterocycles. The molecule has 3 aliphatic rings. The van der Waals surface area contributed by atoms with E-state index >= 15 is 0 Å². The zero-order valence-electron chi connectivity index (χ0n) is 17.1. The second-order valence-corrected chi connectivity index (χ2v) is 8.86. The molecule has 2 heterocycles. The van der Waals surface area contributed by atoms with Crippen LogP contribution in [0, 0.1) is 5.41 Å². The minimum absolute atomic E-state index is 0.114. The first-order valence-corrected chi connectivity index (χ1v) is 10.6. The minimum Gasteiger partial charge on any atom is -0.497 e. The van der Waals surface area contributed by atoms with E-state index in [-0.39, 0.29) is 17.9 Å². The molecule has 29 heavy (non-hydrogen) atoms. The summed E-state index contributed by atoms with van der Waals surface area (Å²) in [4.78, 5) is 14.7. The lowest BCUT2D eigenvalue weighted by Gasteiger charge is -2.33. The Labute approximate surface area is 170 Å². The van der Waals surface area contributed by atoms with Gasteiger partial charge in [-0.3, -0.25) is 4.79 Å². The van der Waals surface area contributed by atoms with Crippen LogP contribution in [0.25, 0.3) is 0 Å². The monoisotopic (exact) mass is 396 g/mol. The molecule has 154 valence electrons. The average molecular weight is 396 g/mol. The van der Waals surface area contributed by atoms with E-state index in [2.05, 4.69) is 27.6 Å². The van der Waals surface area contributed by atoms with Gasteiger partial charge in [0, 0.05) is 19.0 Å². The fourth-order valence-electron chi connectivity index (χ4n) is 4.53. The Bertz CT molecular complexity index is 880. The lowest BCUT2D eigenvalue weighted by molar-refractivity contribution is -0.133. The van der Waals surface area contributed by atoms with Gasteiger partial charge in [-0.15, -0.1) is 5.10 Å². The number of ether oxygens (including phenoxy) is 1. The topological polar surface area (TPSA) is 80.5 Å². The van der Waals surface area contributed by atoms with Crippen LogP contribution in [-0.4, -0.2) is 47.2 Å². The van der Waals surface area contributed by atoms with Crippen LogP contribution in [0.15, 0.2) is 28.7 Å². The second-order valence-electron chi connectivity index (χ2n) is 8.86. The maximum Gasteiger partial charge on any atom is 0.316 e. The number of anilines is 1. The summed E-state index contributed by atoms with van der Waals surface area (Å²) >= 11 is 0. The SMILES string of the molecule is COc1ccc([C@H]2C[C@H]2c2nnc(N[C@@H](C)C(=O)N3CCC4(CC3)CC4)o2)cc1. The Morgan fingerprint density at radius 1 is 1.17 bits per heavy atom. The predicted octanol–water partition coefficient (Wildman–Crippen LogP) is 3.55. The first-order chi connectivity index (χ1) is 14.1. The van der Waals surface area contributed by atoms with Gasteiger partial charge in [-0.05, 0) is 68.1 Å². The number of aromatic nitrogens is 2. The molecule has 1 aromatic heterocycles. The highest BCUT2D eigenvalue weighted by Gasteiger charge is 2.46. The van der Waals surface area contributed by atoms with E-state index in [1.807, 2.05) is 24.0 Å². The number of likely N-dealkylation sites (tertiary alicyclic amines) is 1. The molecule has 2 saturated carbocycles. The van der Waals surface area contributed by atoms with Crippen molar-refractivity contribution in [3.8, 4) is 5.75 Å². The van der Waals surface area contributed by atoms with Gasteiger partial charge in [0.15, 0.2) is 0 Å². The van der Waals surface area contributed by atoms with Gasteiger partial charge in [-0.2, -0.15) is 0 Å². The number of carbonyl (C=O) groups excluding carboxylic acids is 1. The van der Waals surface area contributed by atoms with Crippen LogP contribution >= 0.6 is 0 Å². The normalized spacial score (nSPS) is 25.5. The molecular weight excluding hydrogens is 368 g/mol. The Kier molecular flexibility index (Phi) is 4.48. The highest BCUT2D eigenvalue weighted by atomic mass is 16.5. The third-order valence-electron chi connectivity index (χ3n) is 6.90. The van der Waals surface area contributed by atoms with Crippen LogP contribution in [-0.2, 0) is 4.79 Å². The molecule has 1 spiro atoms. The summed E-state index contributed by atoms with van der Waals surface area (Å²) in [6.07, 6.45) is 5.96. The van der Waals surface area contributed by atoms with E-state index in [1.54, 1.807) is 7.11 Å². The van der Waals surface area contributed by atoms with E-state index in [4.69, 9.17) is 9.15 Å². The van der Waals surface area contributed by atoms with Gasteiger partial charge >= 0.3 is 6.01 Å². The van der Waals surface area contributed by atoms with Crippen LogP contribution in [0.1, 0.15) is 62.3 Å². The van der Waals surface area contributed by atoms with E-state index < -0.39 is 0 Å². The molecule has 0 unspecified atom stereocenters. The van der Waals surface area contributed by atoms with Crippen LogP contribution in [0.3, 0.4) is 0 Å². The van der Waals surface area contributed by atoms with E-state index in [1.165, 1.54) is 18.4 Å². The number of rotatable bonds is 6. The van der Waals surface area contributed by atoms with Crippen molar-refractivity contribution in [2.24, 2.45) is 5.41 Å². The molecule has 2 aliphatic carbocycles. The molecule has 1 aliphatic heterocycles. The molecule has 1 aromatic carbocycles. The predicted molar refractivity (Wildman–Crippen MR) is 108 cm³/mol. The molecule has 1 N–H and O–H groups in total. The van der Waals surface area contributed by atoms with E-state index in [0.29, 0.717) is 23.2 Å². The molecule has 7 nitrogen and oxygen atoms in total. The maximum atomic E-state index is 12.7. The first kappa shape index (κ1) is 18.5. The van der Waals surface area contributed by atoms with Crippen LogP contribution in [0.5, 0.6) is 5.75 Å². The van der Waals surface area contributed by atoms with Gasteiger partial charge in [-0.25, -0.2) is 0 Å². The van der Waals surface area contributed by atoms with E-state index in [0.717, 1.165) is 38.1 Å². The van der Waals surface area contributed by atoms with Gasteiger partial charge < -0.3 is 19.4 Å². The van der Waals surface area contributed by atoms with Crippen LogP contribution in [0.2, 0.25) is 0 Å². The highest BCUT2D eigenvalue weighted by Crippen LogP contribution is 2.55. The van der Waals surface area contributed by atoms with Crippen molar-refractivity contribution in [2.45, 2.75) is 56.9 Å². The lowest BCUT2D eigenvalue weighted by atomic mass is 9.93. The van der Waals surface area contributed by atoms with Crippen molar-refractivity contribution < 1.29 is 13.9 Å². The van der Waals surface area contributed by atoms with Gasteiger partial charge in [0.25, 0.3) is 0 Å². The number of carbonyl (C=O) groups is 1. The minimum atomic E-state index is -0.367. The Morgan fingerprint density at radius 3 is 2.55 bits per heavy atom. The van der Waals surface area contributed by atoms with Crippen molar-refractivity contribution in [2.75, 3.05) is 25.5 Å². The summed E-state index contributed by atoms with van der Waals surface area (Å²) in [5.41, 5.74) is 1.82. The molecule has 5 rings (SSSR count). The van der Waals surface area contributed by atoms with Crippen molar-refractivity contribution in [3.05, 3.63) is 35.7 Å². The zero-order valence-corrected chi connectivity index (χ0v) is 17.1. The molecule has 3 fully saturated rings. The molecule has 7 heteroatoms. The smallest absolute Gasteiger partial charge is 0.316 e. The van der Waals surface area contributed by atoms with Gasteiger partial charge in [0.2, 0.25) is 11.8 Å². The zero-order chi connectivity index (χ0) is 20.0. The molecule has 1 amide bonds. The van der Waals surface area contributed by atoms with Gasteiger partial charge in [0.1, 0.15) is 11.8 Å². The second kappa shape index (κ2) is 7.04. The third-order valence-corrected chi connectivity index (χ3v) is 6.90. The standard InChI is InChI=1S/C22H28N4O3/c1-14(20(27)26-11-9-22(7-8-22)10-12-26)23-21-25-24-19(29-21)18-13-17(18)15-3-5-16(28-2)6-4-15/h3-6,14,17-18H,7-13H2,1-2H3,(H,23,25)/t14-,17+,18+/m0/s1. The summed E-state index contributed by atoms with van der Waals surface area (Å²) in [5.74, 6) is 2.25. The summed E-state index contributed by atoms with van der Waals surface area (Å²) in [5, 5.41) is 11.4. The summed E-state index contributed by atoms with van der Waals surface area (Å²) in [6, 6.07) is 8.09. The Morgan fingerprint density at radius 2 is 1.90 bits per heavy atom. The quantitative estimate of drug-likeness (QED) is 0.804. The molecule has 3 atom stereocenters. The number of piperidine rings is 1. The average Bonchev–Trinajstić information content (AvgIpc) is 3.67. The fourth-order valence-corrected chi connectivity index (χ4v) is 4.53. The Balaban J connectivity index is 1.16. The number of amides is 1. The number of nitrogens with zero attached hydrogens (tertiary/aromatic N) is 3. The highest BCUT2D eigenvalue weighted by molar-refractivity contribution is 5.83. The number of hydrogen-bond donors (Lipinski definition) is 1. The molecule has 2 aromatic rings. The third kappa shape index (κ3) is 3.70. The molecule has 0 bridgehead atoms. The summed E-state index contributed by atoms with van der Waals surface area (Å²) < 4.78 is 11.0. The molecular formula is C22H28N4O3. The van der Waals surface area contributed by atoms with Crippen molar-refractivity contribution in [3.63, 3.8) is 0 Å². The summed E-state index contributed by atoms with van der Waals surface area (Å²) in [6.45, 7) is 3.60. The lowest BCUT2D eigenvalue weighted by Crippen LogP contribution is -2.45. The first-order valence-electron chi connectivity index (χ1n) is 10.6. The maximum absolute atomic E-state index is 12.7. The molecule has 0 radical (unpaired) electrons. The number of nitrogens with one attached hydrogen (secondary N) is 1. The largest absolute Gasteiger partial charge is 0.497 e. The van der Waals surface area contributed by atoms with Crippen LogP contribution < -0.4 is 10.1 Å². The number of methoxy groups -OCH3 is 1. The number of benzene rings is 1. The van der Waals surface area contributed by atoms with Crippen LogP contribution in [0.4, 0.5) is 6.01 Å². The summed E-state index contributed by atoms with van der Waals surface area (Å²) in [7, 11) is 1.67. The fraction of sp³-hybridized carbons (Fsp3) is 0.591. The van der Waals surface area contributed by atoms with Gasteiger partial charge in [-0.1, -0.05) is 17.2 Å². The number of hydrogen-bond acceptors (Lipinski definition) is 6. The van der Waals surface area contributed by atoms with Crippen molar-refractivity contribution in [1.29, 1.82) is 0 Å². The Hall–Kier alpha value is -2.57. The van der Waals surface area contributed by atoms with E-state index in [9.17, 15) is 4.79 Å². The van der Waals surface area contributed by atoms with Crippen molar-refractivity contribution in [1.82, 2.24) is 15.1 Å².